The van der Waals surface area contributed by atoms with Crippen molar-refractivity contribution in [1.82, 2.24) is 23.9 Å². The molecule has 0 saturated carbocycles. The van der Waals surface area contributed by atoms with Crippen molar-refractivity contribution in [2.75, 3.05) is 77.7 Å². The second-order valence-corrected chi connectivity index (χ2v) is 8.76. The topological polar surface area (TPSA) is 50.3 Å². The molecule has 1 atom stereocenters. The van der Waals surface area contributed by atoms with Crippen LogP contribution in [0.3, 0.4) is 0 Å². The van der Waals surface area contributed by atoms with E-state index in [1.165, 1.54) is 25.9 Å². The molecule has 3 saturated heterocycles. The minimum absolute atomic E-state index is 0.191. The zero-order chi connectivity index (χ0) is 18.4. The zero-order valence-corrected chi connectivity index (χ0v) is 16.8. The van der Waals surface area contributed by atoms with Crippen LogP contribution in [0.5, 0.6) is 0 Å². The first-order chi connectivity index (χ1) is 12.7. The third-order valence-electron chi connectivity index (χ3n) is 5.79. The van der Waals surface area contributed by atoms with Crippen molar-refractivity contribution >= 4 is 24.3 Å². The SMILES string of the molecule is CC(=O)N1CCN(CCSN2CCN(C=O)[C@@H](CN3CCCC3)C2)CC1. The number of carbonyl (C=O) groups is 2. The lowest BCUT2D eigenvalue weighted by atomic mass is 10.2. The van der Waals surface area contributed by atoms with E-state index in [1.54, 1.807) is 6.92 Å². The van der Waals surface area contributed by atoms with E-state index >= 15 is 0 Å². The van der Waals surface area contributed by atoms with E-state index in [0.29, 0.717) is 6.04 Å². The van der Waals surface area contributed by atoms with E-state index in [1.807, 2.05) is 21.7 Å². The first kappa shape index (κ1) is 19.9. The summed E-state index contributed by atoms with van der Waals surface area (Å²) >= 11 is 1.92. The summed E-state index contributed by atoms with van der Waals surface area (Å²) in [4.78, 5) is 31.7. The molecule has 3 heterocycles. The quantitative estimate of drug-likeness (QED) is 0.457. The van der Waals surface area contributed by atoms with Crippen molar-refractivity contribution < 1.29 is 9.59 Å². The molecule has 3 fully saturated rings. The van der Waals surface area contributed by atoms with Crippen LogP contribution in [0.1, 0.15) is 19.8 Å². The van der Waals surface area contributed by atoms with Crippen molar-refractivity contribution in [2.45, 2.75) is 25.8 Å². The fourth-order valence-electron chi connectivity index (χ4n) is 4.11. The highest BCUT2D eigenvalue weighted by molar-refractivity contribution is 7.97. The van der Waals surface area contributed by atoms with Crippen molar-refractivity contribution in [2.24, 2.45) is 0 Å². The van der Waals surface area contributed by atoms with Gasteiger partial charge in [-0.2, -0.15) is 0 Å². The first-order valence-corrected chi connectivity index (χ1v) is 10.9. The molecule has 0 spiro atoms. The lowest BCUT2D eigenvalue weighted by Gasteiger charge is -2.40. The molecular formula is C18H33N5O2S. The van der Waals surface area contributed by atoms with Crippen LogP contribution in [0.2, 0.25) is 0 Å². The number of carbonyl (C=O) groups excluding carboxylic acids is 2. The maximum atomic E-state index is 11.4. The molecule has 2 amide bonds. The van der Waals surface area contributed by atoms with Gasteiger partial charge in [0.2, 0.25) is 12.3 Å². The smallest absolute Gasteiger partial charge is 0.219 e. The fraction of sp³-hybridized carbons (Fsp3) is 0.889. The van der Waals surface area contributed by atoms with E-state index in [2.05, 4.69) is 14.1 Å². The number of hydrogen-bond acceptors (Lipinski definition) is 6. The van der Waals surface area contributed by atoms with Crippen LogP contribution in [0, 0.1) is 0 Å². The van der Waals surface area contributed by atoms with Crippen LogP contribution in [0.25, 0.3) is 0 Å². The van der Waals surface area contributed by atoms with Crippen molar-refractivity contribution in [1.29, 1.82) is 0 Å². The van der Waals surface area contributed by atoms with Gasteiger partial charge in [0.1, 0.15) is 0 Å². The van der Waals surface area contributed by atoms with Gasteiger partial charge in [-0.1, -0.05) is 11.9 Å². The number of hydrogen-bond donors (Lipinski definition) is 0. The predicted octanol–water partition coefficient (Wildman–Crippen LogP) is 0.0371. The molecule has 7 nitrogen and oxygen atoms in total. The molecule has 3 aliphatic heterocycles. The van der Waals surface area contributed by atoms with Gasteiger partial charge in [0, 0.05) is 71.6 Å². The molecule has 0 unspecified atom stereocenters. The Kier molecular flexibility index (Phi) is 7.60. The number of likely N-dealkylation sites (tertiary alicyclic amines) is 1. The Morgan fingerprint density at radius 3 is 2.38 bits per heavy atom. The summed E-state index contributed by atoms with van der Waals surface area (Å²) in [7, 11) is 0. The largest absolute Gasteiger partial charge is 0.340 e. The van der Waals surface area contributed by atoms with E-state index in [0.717, 1.165) is 71.1 Å². The van der Waals surface area contributed by atoms with Crippen LogP contribution in [0.4, 0.5) is 0 Å². The van der Waals surface area contributed by atoms with Crippen molar-refractivity contribution in [3.8, 4) is 0 Å². The van der Waals surface area contributed by atoms with E-state index in [9.17, 15) is 9.59 Å². The molecule has 0 aliphatic carbocycles. The van der Waals surface area contributed by atoms with Crippen molar-refractivity contribution in [3.05, 3.63) is 0 Å². The Balaban J connectivity index is 1.36. The van der Waals surface area contributed by atoms with Gasteiger partial charge in [0.25, 0.3) is 0 Å². The van der Waals surface area contributed by atoms with E-state index < -0.39 is 0 Å². The highest BCUT2D eigenvalue weighted by Crippen LogP contribution is 2.19. The van der Waals surface area contributed by atoms with Gasteiger partial charge in [-0.05, 0) is 25.9 Å². The van der Waals surface area contributed by atoms with E-state index in [-0.39, 0.29) is 5.91 Å². The molecule has 0 N–H and O–H groups in total. The minimum Gasteiger partial charge on any atom is -0.340 e. The lowest BCUT2D eigenvalue weighted by molar-refractivity contribution is -0.130. The molecule has 0 aromatic heterocycles. The molecule has 26 heavy (non-hydrogen) atoms. The number of rotatable bonds is 7. The zero-order valence-electron chi connectivity index (χ0n) is 16.0. The summed E-state index contributed by atoms with van der Waals surface area (Å²) < 4.78 is 2.45. The van der Waals surface area contributed by atoms with Crippen LogP contribution in [-0.4, -0.2) is 120 Å². The predicted molar refractivity (Wildman–Crippen MR) is 105 cm³/mol. The van der Waals surface area contributed by atoms with Gasteiger partial charge in [-0.25, -0.2) is 4.31 Å². The maximum Gasteiger partial charge on any atom is 0.219 e. The van der Waals surface area contributed by atoms with Gasteiger partial charge in [0.15, 0.2) is 0 Å². The second-order valence-electron chi connectivity index (χ2n) is 7.57. The van der Waals surface area contributed by atoms with Gasteiger partial charge in [-0.3, -0.25) is 14.5 Å². The molecule has 3 aliphatic rings. The summed E-state index contributed by atoms with van der Waals surface area (Å²) in [6.07, 6.45) is 3.63. The average molecular weight is 384 g/mol. The molecule has 0 radical (unpaired) electrons. The molecular weight excluding hydrogens is 350 g/mol. The molecule has 3 rings (SSSR count). The van der Waals surface area contributed by atoms with Gasteiger partial charge in [-0.15, -0.1) is 0 Å². The van der Waals surface area contributed by atoms with Gasteiger partial charge >= 0.3 is 0 Å². The molecule has 148 valence electrons. The number of amides is 2. The van der Waals surface area contributed by atoms with Gasteiger partial charge in [0.05, 0.1) is 6.04 Å². The van der Waals surface area contributed by atoms with E-state index in [4.69, 9.17) is 0 Å². The summed E-state index contributed by atoms with van der Waals surface area (Å²) in [6.45, 7) is 12.6. The standard InChI is InChI=1S/C18H33N5O2S/c1-17(25)21-8-6-19(7-9-21)12-13-26-23-11-10-22(16-24)18(15-23)14-20-4-2-3-5-20/h16,18H,2-15H2,1H3/t18-/m0/s1. The molecule has 8 heteroatoms. The first-order valence-electron chi connectivity index (χ1n) is 9.95. The van der Waals surface area contributed by atoms with Crippen LogP contribution >= 0.6 is 11.9 Å². The maximum absolute atomic E-state index is 11.4. The Bertz CT molecular complexity index is 466. The Morgan fingerprint density at radius 1 is 1.00 bits per heavy atom. The summed E-state index contributed by atoms with van der Waals surface area (Å²) in [5.74, 6) is 1.27. The van der Waals surface area contributed by atoms with Crippen molar-refractivity contribution in [3.63, 3.8) is 0 Å². The minimum atomic E-state index is 0.191. The number of piperazine rings is 2. The highest BCUT2D eigenvalue weighted by atomic mass is 32.2. The lowest BCUT2D eigenvalue weighted by Crippen LogP contribution is -2.54. The molecule has 0 aromatic carbocycles. The van der Waals surface area contributed by atoms with Crippen LogP contribution in [-0.2, 0) is 9.59 Å². The average Bonchev–Trinajstić information content (AvgIpc) is 3.15. The Labute approximate surface area is 161 Å². The third kappa shape index (κ3) is 5.58. The van der Waals surface area contributed by atoms with Crippen LogP contribution < -0.4 is 0 Å². The Morgan fingerprint density at radius 2 is 1.73 bits per heavy atom. The summed E-state index contributed by atoms with van der Waals surface area (Å²) in [5, 5.41) is 0. The summed E-state index contributed by atoms with van der Waals surface area (Å²) in [5.41, 5.74) is 0. The third-order valence-corrected chi connectivity index (χ3v) is 6.85. The fourth-order valence-corrected chi connectivity index (χ4v) is 5.19. The normalized spacial score (nSPS) is 26.4. The van der Waals surface area contributed by atoms with Gasteiger partial charge < -0.3 is 14.7 Å². The molecule has 0 bridgehead atoms. The molecule has 0 aromatic rings. The number of nitrogens with zero attached hydrogens (tertiary/aromatic N) is 5. The second kappa shape index (κ2) is 9.92. The van der Waals surface area contributed by atoms with Crippen LogP contribution in [0.15, 0.2) is 0 Å². The highest BCUT2D eigenvalue weighted by Gasteiger charge is 2.29. The summed E-state index contributed by atoms with van der Waals surface area (Å²) in [6, 6.07) is 0.325. The Hall–Kier alpha value is -0.830. The monoisotopic (exact) mass is 383 g/mol.